The summed E-state index contributed by atoms with van der Waals surface area (Å²) in [5.41, 5.74) is 5.13. The van der Waals surface area contributed by atoms with E-state index in [0.717, 1.165) is 23.9 Å². The fourth-order valence-corrected chi connectivity index (χ4v) is 2.90. The van der Waals surface area contributed by atoms with Gasteiger partial charge in [-0.2, -0.15) is 0 Å². The first-order chi connectivity index (χ1) is 10.3. The van der Waals surface area contributed by atoms with Gasteiger partial charge in [0.05, 0.1) is 11.0 Å². The molecule has 104 valence electrons. The zero-order chi connectivity index (χ0) is 14.2. The lowest BCUT2D eigenvalue weighted by Crippen LogP contribution is -2.13. The molecule has 0 saturated heterocycles. The van der Waals surface area contributed by atoms with Crippen molar-refractivity contribution < 1.29 is 4.79 Å². The van der Waals surface area contributed by atoms with Crippen molar-refractivity contribution in [3.05, 3.63) is 59.2 Å². The van der Waals surface area contributed by atoms with Gasteiger partial charge in [-0.15, -0.1) is 0 Å². The summed E-state index contributed by atoms with van der Waals surface area (Å²) in [7, 11) is 0. The highest BCUT2D eigenvalue weighted by atomic mass is 16.1. The quantitative estimate of drug-likeness (QED) is 0.755. The minimum Gasteiger partial charge on any atom is -0.324 e. The summed E-state index contributed by atoms with van der Waals surface area (Å²) in [4.78, 5) is 19.8. The highest BCUT2D eigenvalue weighted by Crippen LogP contribution is 2.23. The van der Waals surface area contributed by atoms with E-state index in [0.29, 0.717) is 11.5 Å². The van der Waals surface area contributed by atoms with E-state index < -0.39 is 0 Å². The number of rotatable bonds is 2. The second-order valence-electron chi connectivity index (χ2n) is 5.39. The van der Waals surface area contributed by atoms with Gasteiger partial charge in [0.15, 0.2) is 0 Å². The van der Waals surface area contributed by atoms with E-state index in [1.165, 1.54) is 17.5 Å². The number of para-hydroxylation sites is 2. The van der Waals surface area contributed by atoms with E-state index in [4.69, 9.17) is 0 Å². The van der Waals surface area contributed by atoms with Crippen molar-refractivity contribution in [3.63, 3.8) is 0 Å². The first kappa shape index (κ1) is 12.1. The van der Waals surface area contributed by atoms with Gasteiger partial charge in [0.1, 0.15) is 0 Å². The predicted octanol–water partition coefficient (Wildman–Crippen LogP) is 3.30. The van der Waals surface area contributed by atoms with E-state index in [-0.39, 0.29) is 5.91 Å². The van der Waals surface area contributed by atoms with Crippen LogP contribution in [0.5, 0.6) is 0 Å². The second kappa shape index (κ2) is 4.74. The van der Waals surface area contributed by atoms with Crippen molar-refractivity contribution >= 4 is 22.9 Å². The standard InChI is InChI=1S/C17H15N3O/c21-16(13-9-8-11-4-3-5-12(11)10-13)20-17-18-14-6-1-2-7-15(14)19-17/h1-2,6-10H,3-5H2,(H2,18,19,20,21). The Morgan fingerprint density at radius 1 is 1.10 bits per heavy atom. The zero-order valence-corrected chi connectivity index (χ0v) is 11.5. The van der Waals surface area contributed by atoms with Gasteiger partial charge in [-0.25, -0.2) is 4.98 Å². The van der Waals surface area contributed by atoms with Crippen LogP contribution in [0, 0.1) is 0 Å². The van der Waals surface area contributed by atoms with Crippen LogP contribution in [-0.2, 0) is 12.8 Å². The third kappa shape index (κ3) is 2.18. The molecule has 1 heterocycles. The van der Waals surface area contributed by atoms with E-state index >= 15 is 0 Å². The number of H-pyrrole nitrogens is 1. The number of nitrogens with one attached hydrogen (secondary N) is 2. The number of nitrogens with zero attached hydrogens (tertiary/aromatic N) is 1. The molecular weight excluding hydrogens is 262 g/mol. The maximum atomic E-state index is 12.3. The summed E-state index contributed by atoms with van der Waals surface area (Å²) in [6, 6.07) is 13.7. The number of anilines is 1. The molecule has 4 rings (SSSR count). The number of hydrogen-bond acceptors (Lipinski definition) is 2. The Morgan fingerprint density at radius 3 is 2.86 bits per heavy atom. The number of imidazole rings is 1. The molecule has 1 amide bonds. The van der Waals surface area contributed by atoms with Gasteiger partial charge in [0.2, 0.25) is 5.95 Å². The molecule has 0 spiro atoms. The summed E-state index contributed by atoms with van der Waals surface area (Å²) < 4.78 is 0. The van der Waals surface area contributed by atoms with Gasteiger partial charge in [-0.05, 0) is 54.7 Å². The fourth-order valence-electron chi connectivity index (χ4n) is 2.90. The van der Waals surface area contributed by atoms with Gasteiger partial charge in [0, 0.05) is 5.56 Å². The number of fused-ring (bicyclic) bond motifs is 2. The SMILES string of the molecule is O=C(Nc1nc2ccccc2[nH]1)c1ccc2c(c1)CCC2. The molecule has 0 unspecified atom stereocenters. The normalized spacial score (nSPS) is 13.3. The van der Waals surface area contributed by atoms with E-state index in [2.05, 4.69) is 21.4 Å². The number of hydrogen-bond donors (Lipinski definition) is 2. The molecule has 0 radical (unpaired) electrons. The lowest BCUT2D eigenvalue weighted by atomic mass is 10.1. The summed E-state index contributed by atoms with van der Waals surface area (Å²) in [6.45, 7) is 0. The first-order valence-corrected chi connectivity index (χ1v) is 7.17. The van der Waals surface area contributed by atoms with Crippen molar-refractivity contribution in [1.82, 2.24) is 9.97 Å². The number of amides is 1. The molecule has 2 aromatic carbocycles. The fraction of sp³-hybridized carbons (Fsp3) is 0.176. The largest absolute Gasteiger partial charge is 0.324 e. The Balaban J connectivity index is 1.60. The summed E-state index contributed by atoms with van der Waals surface area (Å²) >= 11 is 0. The molecule has 0 fully saturated rings. The lowest BCUT2D eigenvalue weighted by Gasteiger charge is -2.04. The van der Waals surface area contributed by atoms with Crippen LogP contribution in [0.2, 0.25) is 0 Å². The molecule has 4 nitrogen and oxygen atoms in total. The van der Waals surface area contributed by atoms with Crippen LogP contribution in [0.25, 0.3) is 11.0 Å². The Morgan fingerprint density at radius 2 is 1.95 bits per heavy atom. The Bertz CT molecular complexity index is 802. The Kier molecular flexibility index (Phi) is 2.74. The van der Waals surface area contributed by atoms with Crippen molar-refractivity contribution in [2.45, 2.75) is 19.3 Å². The van der Waals surface area contributed by atoms with E-state index in [9.17, 15) is 4.79 Å². The van der Waals surface area contributed by atoms with Crippen molar-refractivity contribution in [1.29, 1.82) is 0 Å². The molecule has 0 atom stereocenters. The average Bonchev–Trinajstić information content (AvgIpc) is 3.11. The molecule has 0 bridgehead atoms. The molecule has 4 heteroatoms. The van der Waals surface area contributed by atoms with Crippen molar-refractivity contribution in [2.24, 2.45) is 0 Å². The monoisotopic (exact) mass is 277 g/mol. The number of carbonyl (C=O) groups is 1. The highest BCUT2D eigenvalue weighted by Gasteiger charge is 2.14. The average molecular weight is 277 g/mol. The summed E-state index contributed by atoms with van der Waals surface area (Å²) in [5, 5.41) is 2.83. The van der Waals surface area contributed by atoms with Gasteiger partial charge in [0.25, 0.3) is 5.91 Å². The molecule has 1 aromatic heterocycles. The minimum atomic E-state index is -0.122. The van der Waals surface area contributed by atoms with Crippen LogP contribution in [0.15, 0.2) is 42.5 Å². The molecule has 1 aliphatic carbocycles. The first-order valence-electron chi connectivity index (χ1n) is 7.17. The van der Waals surface area contributed by atoms with E-state index in [1.807, 2.05) is 36.4 Å². The number of aryl methyl sites for hydroxylation is 2. The topological polar surface area (TPSA) is 57.8 Å². The Labute approximate surface area is 122 Å². The van der Waals surface area contributed by atoms with Crippen LogP contribution in [0.1, 0.15) is 27.9 Å². The van der Waals surface area contributed by atoms with Crippen LogP contribution in [0.4, 0.5) is 5.95 Å². The molecule has 21 heavy (non-hydrogen) atoms. The zero-order valence-electron chi connectivity index (χ0n) is 11.5. The van der Waals surface area contributed by atoms with Gasteiger partial charge in [-0.3, -0.25) is 10.1 Å². The summed E-state index contributed by atoms with van der Waals surface area (Å²) in [6.07, 6.45) is 3.38. The number of aromatic amines is 1. The second-order valence-corrected chi connectivity index (χ2v) is 5.39. The summed E-state index contributed by atoms with van der Waals surface area (Å²) in [5.74, 6) is 0.366. The third-order valence-corrected chi connectivity index (χ3v) is 3.98. The molecular formula is C17H15N3O. The van der Waals surface area contributed by atoms with Gasteiger partial charge < -0.3 is 4.98 Å². The van der Waals surface area contributed by atoms with Crippen LogP contribution in [-0.4, -0.2) is 15.9 Å². The van der Waals surface area contributed by atoms with Crippen LogP contribution < -0.4 is 5.32 Å². The molecule has 2 N–H and O–H groups in total. The van der Waals surface area contributed by atoms with Gasteiger partial charge in [-0.1, -0.05) is 18.2 Å². The number of benzene rings is 2. The smallest absolute Gasteiger partial charge is 0.257 e. The molecule has 1 aliphatic rings. The van der Waals surface area contributed by atoms with E-state index in [1.54, 1.807) is 0 Å². The lowest BCUT2D eigenvalue weighted by molar-refractivity contribution is 0.102. The Hall–Kier alpha value is -2.62. The number of carbonyl (C=O) groups excluding carboxylic acids is 1. The van der Waals surface area contributed by atoms with Crippen molar-refractivity contribution in [2.75, 3.05) is 5.32 Å². The maximum absolute atomic E-state index is 12.3. The number of aromatic nitrogens is 2. The molecule has 3 aromatic rings. The minimum absolute atomic E-state index is 0.122. The van der Waals surface area contributed by atoms with Crippen molar-refractivity contribution in [3.8, 4) is 0 Å². The van der Waals surface area contributed by atoms with Crippen LogP contribution in [0.3, 0.4) is 0 Å². The molecule has 0 saturated carbocycles. The third-order valence-electron chi connectivity index (χ3n) is 3.98. The molecule has 0 aliphatic heterocycles. The maximum Gasteiger partial charge on any atom is 0.257 e. The van der Waals surface area contributed by atoms with Crippen LogP contribution >= 0.6 is 0 Å². The highest BCUT2D eigenvalue weighted by molar-refractivity contribution is 6.04. The van der Waals surface area contributed by atoms with Gasteiger partial charge >= 0.3 is 0 Å². The predicted molar refractivity (Wildman–Crippen MR) is 82.5 cm³/mol.